The molecule has 0 saturated carbocycles. The van der Waals surface area contributed by atoms with Crippen molar-refractivity contribution in [2.45, 2.75) is 89.3 Å². The van der Waals surface area contributed by atoms with Crippen molar-refractivity contribution in [1.29, 1.82) is 0 Å². The molecule has 5 heterocycles. The van der Waals surface area contributed by atoms with Crippen LogP contribution < -0.4 is 26.0 Å². The Kier molecular flexibility index (Phi) is 8.72. The van der Waals surface area contributed by atoms with Crippen LogP contribution in [0.1, 0.15) is 103 Å². The van der Waals surface area contributed by atoms with E-state index in [9.17, 15) is 19.5 Å². The zero-order chi connectivity index (χ0) is 38.9. The summed E-state index contributed by atoms with van der Waals surface area (Å²) in [5, 5.41) is 23.2. The van der Waals surface area contributed by atoms with Gasteiger partial charge in [-0.05, 0) is 65.5 Å². The van der Waals surface area contributed by atoms with Crippen LogP contribution in [0.4, 0.5) is 5.69 Å². The molecule has 2 aromatic heterocycles. The van der Waals surface area contributed by atoms with Crippen molar-refractivity contribution < 1.29 is 33.1 Å². The molecule has 3 aromatic carbocycles. The van der Waals surface area contributed by atoms with Crippen molar-refractivity contribution in [2.24, 2.45) is 11.8 Å². The molecule has 0 saturated heterocycles. The number of aryl methyl sites for hydroxylation is 1. The number of hydrogen-bond donors (Lipinski definition) is 5. The number of para-hydroxylation sites is 1. The lowest BCUT2D eigenvalue weighted by atomic mass is 9.72. The van der Waals surface area contributed by atoms with Gasteiger partial charge < -0.3 is 39.9 Å². The number of nitrogens with one attached hydrogen (secondary N) is 4. The second kappa shape index (κ2) is 13.7. The highest BCUT2D eigenvalue weighted by Crippen LogP contribution is 2.59. The summed E-state index contributed by atoms with van der Waals surface area (Å²) in [6.45, 7) is 7.34. The van der Waals surface area contributed by atoms with E-state index in [-0.39, 0.29) is 53.4 Å². The van der Waals surface area contributed by atoms with Crippen LogP contribution in [0.5, 0.6) is 5.75 Å². The Morgan fingerprint density at radius 3 is 2.57 bits per heavy atom. The van der Waals surface area contributed by atoms with E-state index in [4.69, 9.17) is 23.5 Å². The van der Waals surface area contributed by atoms with Crippen LogP contribution in [0, 0.1) is 11.8 Å². The summed E-state index contributed by atoms with van der Waals surface area (Å²) >= 11 is 0. The van der Waals surface area contributed by atoms with Gasteiger partial charge in [0.1, 0.15) is 35.6 Å². The highest BCUT2D eigenvalue weighted by atomic mass is 16.5. The summed E-state index contributed by atoms with van der Waals surface area (Å²) in [5.41, 5.74) is 4.80. The van der Waals surface area contributed by atoms with E-state index in [1.165, 1.54) is 11.8 Å². The van der Waals surface area contributed by atoms with Gasteiger partial charge in [0.15, 0.2) is 23.4 Å². The van der Waals surface area contributed by atoms with Crippen molar-refractivity contribution in [3.8, 4) is 17.3 Å². The first kappa shape index (κ1) is 35.7. The third kappa shape index (κ3) is 5.75. The van der Waals surface area contributed by atoms with Gasteiger partial charge in [-0.1, -0.05) is 82.3 Å². The largest absolute Gasteiger partial charge is 0.469 e. The number of anilines is 1. The molecule has 56 heavy (non-hydrogen) atoms. The van der Waals surface area contributed by atoms with E-state index in [2.05, 4.69) is 33.4 Å². The Balaban J connectivity index is 1.18. The van der Waals surface area contributed by atoms with Gasteiger partial charge in [-0.25, -0.2) is 9.97 Å². The number of benzene rings is 3. The lowest BCUT2D eigenvalue weighted by molar-refractivity contribution is -0.135. The molecule has 3 aliphatic heterocycles. The molecular formula is C43H44N6O7. The first-order valence-corrected chi connectivity index (χ1v) is 19.3. The predicted molar refractivity (Wildman–Crippen MR) is 205 cm³/mol. The standard InChI is InChI=1S/C43H44N6O7/c1-21(2)33-41-49-34(40-46-31(20-54-40)38(52)44-28-15-9-11-24-10-5-6-12-25(24)28)36(56-41)43-26-13-7-8-14-29(26)47-42(43)55-32-17-16-23(18-27(32)43)19-30(37(51)48-33)45-39(53)35(50)22(3)4/h5-8,10,12-14,16-18,20-22,28,30,33,35,42,47,50H,9,11,15,19H2,1-4H3,(H,44,52)(H,45,53)(H,48,51)/t28?,30-,33-,35-,42-,43?/m0/s1. The molecule has 0 fully saturated rings. The monoisotopic (exact) mass is 756 g/mol. The third-order valence-electron chi connectivity index (χ3n) is 11.6. The van der Waals surface area contributed by atoms with E-state index in [0.29, 0.717) is 11.5 Å². The van der Waals surface area contributed by atoms with Crippen molar-refractivity contribution in [2.75, 3.05) is 5.32 Å². The number of aromatic nitrogens is 2. The number of nitrogens with zero attached hydrogens (tertiary/aromatic N) is 2. The SMILES string of the molecule is CC(C)[C@H](O)C(=O)N[C@H]1Cc2ccc3c(c2)C2(c4ccccc4N[C@H]2O3)c2oc(nc2-c2nc(C(=O)NC3CCCc4ccccc43)co2)[C@H](C(C)C)NC1=O. The van der Waals surface area contributed by atoms with Crippen LogP contribution in [0.3, 0.4) is 0 Å². The fourth-order valence-electron chi connectivity index (χ4n) is 8.63. The number of hydrogen-bond acceptors (Lipinski definition) is 10. The van der Waals surface area contributed by atoms with Crippen LogP contribution in [0.2, 0.25) is 0 Å². The smallest absolute Gasteiger partial charge is 0.273 e. The van der Waals surface area contributed by atoms with E-state index in [1.807, 2.05) is 68.4 Å². The van der Waals surface area contributed by atoms with E-state index in [0.717, 1.165) is 47.2 Å². The minimum Gasteiger partial charge on any atom is -0.469 e. The van der Waals surface area contributed by atoms with Crippen molar-refractivity contribution in [3.63, 3.8) is 0 Å². The number of oxazole rings is 2. The first-order chi connectivity index (χ1) is 27.0. The minimum atomic E-state index is -1.30. The van der Waals surface area contributed by atoms with Crippen molar-refractivity contribution in [3.05, 3.63) is 118 Å². The number of rotatable bonds is 7. The molecule has 288 valence electrons. The Bertz CT molecular complexity index is 2370. The van der Waals surface area contributed by atoms with E-state index < -0.39 is 41.6 Å². The van der Waals surface area contributed by atoms with E-state index in [1.54, 1.807) is 13.8 Å². The zero-order valence-corrected chi connectivity index (χ0v) is 31.6. The Labute approximate surface area is 323 Å². The topological polar surface area (TPSA) is 181 Å². The summed E-state index contributed by atoms with van der Waals surface area (Å²) in [5.74, 6) is -0.811. The van der Waals surface area contributed by atoms with Crippen LogP contribution in [0.15, 0.2) is 81.8 Å². The molecule has 9 rings (SSSR count). The maximum atomic E-state index is 14.2. The van der Waals surface area contributed by atoms with Crippen LogP contribution in [0.25, 0.3) is 11.6 Å². The maximum absolute atomic E-state index is 14.2. The van der Waals surface area contributed by atoms with Gasteiger partial charge in [0.05, 0.1) is 6.04 Å². The second-order valence-electron chi connectivity index (χ2n) is 15.9. The van der Waals surface area contributed by atoms with Crippen LogP contribution in [-0.4, -0.2) is 51.2 Å². The van der Waals surface area contributed by atoms with Crippen LogP contribution >= 0.6 is 0 Å². The van der Waals surface area contributed by atoms with Gasteiger partial charge in [-0.15, -0.1) is 0 Å². The summed E-state index contributed by atoms with van der Waals surface area (Å²) in [6.07, 6.45) is 2.25. The molecule has 5 N–H and O–H groups in total. The fraction of sp³-hybridized carbons (Fsp3) is 0.372. The quantitative estimate of drug-likeness (QED) is 0.143. The molecule has 2 unspecified atom stereocenters. The summed E-state index contributed by atoms with van der Waals surface area (Å²) < 4.78 is 19.7. The molecule has 4 bridgehead atoms. The molecule has 0 radical (unpaired) electrons. The Morgan fingerprint density at radius 1 is 0.946 bits per heavy atom. The Hall–Kier alpha value is -5.95. The number of carbonyl (C=O) groups excluding carboxylic acids is 3. The number of aliphatic hydroxyl groups is 1. The Morgan fingerprint density at radius 2 is 1.75 bits per heavy atom. The van der Waals surface area contributed by atoms with Gasteiger partial charge in [-0.2, -0.15) is 0 Å². The molecule has 6 atom stereocenters. The van der Waals surface area contributed by atoms with Gasteiger partial charge in [-0.3, -0.25) is 14.4 Å². The fourth-order valence-corrected chi connectivity index (χ4v) is 8.63. The molecule has 13 heteroatoms. The minimum absolute atomic E-state index is 0.0721. The van der Waals surface area contributed by atoms with Gasteiger partial charge in [0.25, 0.3) is 5.91 Å². The number of fused-ring (bicyclic) bond motifs is 5. The molecule has 1 spiro atoms. The third-order valence-corrected chi connectivity index (χ3v) is 11.6. The highest BCUT2D eigenvalue weighted by Gasteiger charge is 2.61. The molecule has 13 nitrogen and oxygen atoms in total. The highest BCUT2D eigenvalue weighted by molar-refractivity contribution is 5.93. The molecule has 4 aliphatic rings. The van der Waals surface area contributed by atoms with E-state index >= 15 is 0 Å². The average Bonchev–Trinajstić information content (AvgIpc) is 3.97. The number of amides is 3. The zero-order valence-electron chi connectivity index (χ0n) is 31.6. The van der Waals surface area contributed by atoms with Crippen molar-refractivity contribution >= 4 is 23.4 Å². The molecule has 3 amide bonds. The molecular weight excluding hydrogens is 713 g/mol. The van der Waals surface area contributed by atoms with Crippen LogP contribution in [-0.2, 0) is 27.8 Å². The molecule has 5 aromatic rings. The number of aliphatic hydroxyl groups excluding tert-OH is 1. The normalized spacial score (nSPS) is 23.7. The summed E-state index contributed by atoms with van der Waals surface area (Å²) in [6, 6.07) is 19.8. The van der Waals surface area contributed by atoms with Crippen molar-refractivity contribution in [1.82, 2.24) is 25.9 Å². The van der Waals surface area contributed by atoms with Gasteiger partial charge in [0, 0.05) is 17.7 Å². The van der Waals surface area contributed by atoms with Gasteiger partial charge in [0.2, 0.25) is 23.6 Å². The number of carbonyl (C=O) groups is 3. The average molecular weight is 757 g/mol. The summed E-state index contributed by atoms with van der Waals surface area (Å²) in [7, 11) is 0. The lowest BCUT2D eigenvalue weighted by Gasteiger charge is -2.29. The summed E-state index contributed by atoms with van der Waals surface area (Å²) in [4.78, 5) is 50.9. The van der Waals surface area contributed by atoms with Gasteiger partial charge >= 0.3 is 0 Å². The first-order valence-electron chi connectivity index (χ1n) is 19.3. The molecule has 1 aliphatic carbocycles. The lowest BCUT2D eigenvalue weighted by Crippen LogP contribution is -2.52. The number of ether oxygens (including phenoxy) is 1. The predicted octanol–water partition coefficient (Wildman–Crippen LogP) is 5.49. The second-order valence-corrected chi connectivity index (χ2v) is 15.9. The maximum Gasteiger partial charge on any atom is 0.273 e.